The Bertz CT molecular complexity index is 1780. The Morgan fingerprint density at radius 3 is 2.67 bits per heavy atom. The van der Waals surface area contributed by atoms with Crippen LogP contribution >= 0.6 is 22.7 Å². The third-order valence-corrected chi connectivity index (χ3v) is 8.12. The SMILES string of the molecule is Cc1ccc(-c2cc(C(F)F)nc3sc(C(N)=O)c(NC(=O)c4ccc(COc5ccc6c(c5)OCO6)o4)c23)s1. The lowest BCUT2D eigenvalue weighted by molar-refractivity contribution is 0.0992. The van der Waals surface area contributed by atoms with Crippen LogP contribution in [0.2, 0.25) is 0 Å². The standard InChI is InChI=1S/C27H19F2N3O6S2/c1-12-2-7-20(39-12)15-9-16(24(28)29)31-27-21(15)22(23(40-27)25(30)33)32-26(34)18-6-4-14(38-18)10-35-13-3-5-17-19(8-13)37-11-36-17/h2-9,24H,10-11H2,1H3,(H2,30,33)(H,32,34). The highest BCUT2D eigenvalue weighted by atomic mass is 32.1. The highest BCUT2D eigenvalue weighted by Gasteiger charge is 2.26. The van der Waals surface area contributed by atoms with E-state index in [1.165, 1.54) is 23.5 Å². The minimum Gasteiger partial charge on any atom is -0.486 e. The quantitative estimate of drug-likeness (QED) is 0.213. The summed E-state index contributed by atoms with van der Waals surface area (Å²) in [6.07, 6.45) is -2.83. The largest absolute Gasteiger partial charge is 0.486 e. The third kappa shape index (κ3) is 4.84. The molecule has 9 nitrogen and oxygen atoms in total. The summed E-state index contributed by atoms with van der Waals surface area (Å²) < 4.78 is 49.4. The molecule has 0 radical (unpaired) electrons. The van der Waals surface area contributed by atoms with Crippen molar-refractivity contribution in [1.82, 2.24) is 4.98 Å². The molecule has 204 valence electrons. The van der Waals surface area contributed by atoms with Gasteiger partial charge in [-0.1, -0.05) is 0 Å². The van der Waals surface area contributed by atoms with Crippen molar-refractivity contribution in [1.29, 1.82) is 0 Å². The van der Waals surface area contributed by atoms with Crippen molar-refractivity contribution in [2.75, 3.05) is 12.1 Å². The second kappa shape index (κ2) is 10.2. The summed E-state index contributed by atoms with van der Waals surface area (Å²) in [5.41, 5.74) is 5.66. The Kier molecular flexibility index (Phi) is 6.60. The van der Waals surface area contributed by atoms with Crippen molar-refractivity contribution < 1.29 is 37.0 Å². The highest BCUT2D eigenvalue weighted by molar-refractivity contribution is 7.21. The number of aryl methyl sites for hydroxylation is 1. The maximum Gasteiger partial charge on any atom is 0.291 e. The van der Waals surface area contributed by atoms with Crippen molar-refractivity contribution in [2.24, 2.45) is 5.73 Å². The number of hydrogen-bond donors (Lipinski definition) is 2. The summed E-state index contributed by atoms with van der Waals surface area (Å²) in [5, 5.41) is 3.04. The average molecular weight is 584 g/mol. The zero-order valence-corrected chi connectivity index (χ0v) is 22.3. The predicted octanol–water partition coefficient (Wildman–Crippen LogP) is 6.52. The van der Waals surface area contributed by atoms with Gasteiger partial charge in [-0.05, 0) is 49.4 Å². The van der Waals surface area contributed by atoms with E-state index in [-0.39, 0.29) is 34.6 Å². The van der Waals surface area contributed by atoms with Crippen molar-refractivity contribution in [3.63, 3.8) is 0 Å². The summed E-state index contributed by atoms with van der Waals surface area (Å²) in [4.78, 5) is 31.4. The molecule has 0 bridgehead atoms. The van der Waals surface area contributed by atoms with Crippen LogP contribution in [0, 0.1) is 6.92 Å². The normalized spacial score (nSPS) is 12.3. The number of nitrogens with one attached hydrogen (secondary N) is 1. The third-order valence-electron chi connectivity index (χ3n) is 5.98. The number of fused-ring (bicyclic) bond motifs is 2. The molecule has 0 fully saturated rings. The van der Waals surface area contributed by atoms with Gasteiger partial charge in [-0.25, -0.2) is 13.8 Å². The Labute approximate surface area is 233 Å². The molecule has 0 aliphatic carbocycles. The van der Waals surface area contributed by atoms with Gasteiger partial charge in [0.25, 0.3) is 18.2 Å². The van der Waals surface area contributed by atoms with E-state index in [9.17, 15) is 18.4 Å². The molecule has 1 aliphatic heterocycles. The van der Waals surface area contributed by atoms with Gasteiger partial charge in [-0.15, -0.1) is 22.7 Å². The molecule has 5 aromatic rings. The lowest BCUT2D eigenvalue weighted by Crippen LogP contribution is -2.16. The van der Waals surface area contributed by atoms with Gasteiger partial charge in [0.2, 0.25) is 6.79 Å². The average Bonchev–Trinajstić information content (AvgIpc) is 3.73. The Morgan fingerprint density at radius 1 is 1.10 bits per heavy atom. The number of ether oxygens (including phenoxy) is 3. The first-order valence-electron chi connectivity index (χ1n) is 11.8. The minimum atomic E-state index is -2.83. The molecule has 0 atom stereocenters. The molecule has 3 N–H and O–H groups in total. The summed E-state index contributed by atoms with van der Waals surface area (Å²) in [6, 6.07) is 13.1. The molecule has 2 amide bonds. The molecular weight excluding hydrogens is 564 g/mol. The monoisotopic (exact) mass is 583 g/mol. The molecule has 5 heterocycles. The fraction of sp³-hybridized carbons (Fsp3) is 0.148. The van der Waals surface area contributed by atoms with E-state index in [0.717, 1.165) is 16.2 Å². The number of nitrogens with two attached hydrogens (primary N) is 1. The highest BCUT2D eigenvalue weighted by Crippen LogP contribution is 2.44. The second-order valence-electron chi connectivity index (χ2n) is 8.68. The molecule has 6 rings (SSSR count). The molecule has 13 heteroatoms. The number of aromatic nitrogens is 1. The summed E-state index contributed by atoms with van der Waals surface area (Å²) in [5.74, 6) is 0.534. The first-order valence-corrected chi connectivity index (χ1v) is 13.4. The van der Waals surface area contributed by atoms with Crippen LogP contribution < -0.4 is 25.3 Å². The number of halogens is 2. The van der Waals surface area contributed by atoms with Crippen LogP contribution in [0.4, 0.5) is 14.5 Å². The molecule has 0 saturated carbocycles. The summed E-state index contributed by atoms with van der Waals surface area (Å²) in [7, 11) is 0. The number of carbonyl (C=O) groups excluding carboxylic acids is 2. The first-order chi connectivity index (χ1) is 19.3. The molecule has 0 saturated heterocycles. The molecule has 1 aliphatic rings. The van der Waals surface area contributed by atoms with E-state index < -0.39 is 23.9 Å². The van der Waals surface area contributed by atoms with E-state index in [1.807, 2.05) is 13.0 Å². The van der Waals surface area contributed by atoms with Crippen molar-refractivity contribution >= 4 is 50.4 Å². The van der Waals surface area contributed by atoms with Crippen molar-refractivity contribution in [2.45, 2.75) is 20.0 Å². The second-order valence-corrected chi connectivity index (χ2v) is 11.0. The summed E-state index contributed by atoms with van der Waals surface area (Å²) in [6.45, 7) is 2.06. The van der Waals surface area contributed by atoms with Crippen LogP contribution in [0.25, 0.3) is 20.7 Å². The molecule has 4 aromatic heterocycles. The van der Waals surface area contributed by atoms with Gasteiger partial charge in [-0.2, -0.15) is 0 Å². The predicted molar refractivity (Wildman–Crippen MR) is 145 cm³/mol. The number of amides is 2. The molecule has 0 spiro atoms. The zero-order valence-electron chi connectivity index (χ0n) is 20.7. The summed E-state index contributed by atoms with van der Waals surface area (Å²) >= 11 is 2.22. The number of alkyl halides is 2. The molecular formula is C27H19F2N3O6S2. The lowest BCUT2D eigenvalue weighted by Gasteiger charge is -2.09. The van der Waals surface area contributed by atoms with Gasteiger partial charge in [0.05, 0.1) is 5.69 Å². The number of furan rings is 1. The lowest BCUT2D eigenvalue weighted by atomic mass is 10.1. The van der Waals surface area contributed by atoms with E-state index in [4.69, 9.17) is 24.4 Å². The Morgan fingerprint density at radius 2 is 1.93 bits per heavy atom. The molecule has 0 unspecified atom stereocenters. The van der Waals surface area contributed by atoms with Crippen LogP contribution in [0.3, 0.4) is 0 Å². The number of benzene rings is 1. The van der Waals surface area contributed by atoms with Crippen LogP contribution in [0.1, 0.15) is 43.0 Å². The first kappa shape index (κ1) is 25.8. The number of thiophene rings is 2. The fourth-order valence-corrected chi connectivity index (χ4v) is 6.07. The topological polar surface area (TPSA) is 126 Å². The number of nitrogens with zero attached hydrogens (tertiary/aromatic N) is 1. The van der Waals surface area contributed by atoms with Gasteiger partial charge in [-0.3, -0.25) is 9.59 Å². The van der Waals surface area contributed by atoms with E-state index in [1.54, 1.807) is 30.3 Å². The van der Waals surface area contributed by atoms with E-state index in [2.05, 4.69) is 10.3 Å². The number of hydrogen-bond acceptors (Lipinski definition) is 9. The Hall–Kier alpha value is -4.49. The Balaban J connectivity index is 1.30. The van der Waals surface area contributed by atoms with Crippen LogP contribution in [0.5, 0.6) is 17.2 Å². The van der Waals surface area contributed by atoms with Gasteiger partial charge in [0.15, 0.2) is 17.3 Å². The number of primary amides is 1. The number of carbonyl (C=O) groups is 2. The number of pyridine rings is 1. The maximum atomic E-state index is 13.7. The van der Waals surface area contributed by atoms with Crippen LogP contribution in [0.15, 0.2) is 52.9 Å². The number of anilines is 1. The van der Waals surface area contributed by atoms with Crippen LogP contribution in [-0.4, -0.2) is 23.6 Å². The fourth-order valence-electron chi connectivity index (χ4n) is 4.17. The van der Waals surface area contributed by atoms with E-state index >= 15 is 0 Å². The maximum absolute atomic E-state index is 13.7. The minimum absolute atomic E-state index is 0.0188. The van der Waals surface area contributed by atoms with Gasteiger partial charge in [0, 0.05) is 26.8 Å². The van der Waals surface area contributed by atoms with E-state index in [0.29, 0.717) is 38.8 Å². The molecule has 40 heavy (non-hydrogen) atoms. The van der Waals surface area contributed by atoms with Gasteiger partial charge in [0.1, 0.15) is 33.5 Å². The van der Waals surface area contributed by atoms with Gasteiger partial charge < -0.3 is 29.7 Å². The van der Waals surface area contributed by atoms with Crippen molar-refractivity contribution in [3.05, 3.63) is 75.5 Å². The van der Waals surface area contributed by atoms with Crippen LogP contribution in [-0.2, 0) is 6.61 Å². The van der Waals surface area contributed by atoms with Gasteiger partial charge >= 0.3 is 0 Å². The zero-order chi connectivity index (χ0) is 28.0. The molecule has 1 aromatic carbocycles. The number of rotatable bonds is 8. The van der Waals surface area contributed by atoms with Crippen molar-refractivity contribution in [3.8, 4) is 27.7 Å². The smallest absolute Gasteiger partial charge is 0.291 e.